The molecule has 1 aromatic carbocycles. The van der Waals surface area contributed by atoms with Crippen LogP contribution >= 0.6 is 11.6 Å². The minimum Gasteiger partial charge on any atom is -0.460 e. The average molecular weight is 240 g/mol. The molecule has 1 aliphatic rings. The molecule has 0 saturated heterocycles. The lowest BCUT2D eigenvalue weighted by molar-refractivity contribution is -0.143. The summed E-state index contributed by atoms with van der Waals surface area (Å²) >= 11 is 5.82. The summed E-state index contributed by atoms with van der Waals surface area (Å²) in [4.78, 5) is 11.3. The highest BCUT2D eigenvalue weighted by atomic mass is 35.5. The summed E-state index contributed by atoms with van der Waals surface area (Å²) in [7, 11) is 0. The molecule has 1 aliphatic carbocycles. The van der Waals surface area contributed by atoms with Crippen molar-refractivity contribution in [1.82, 2.24) is 5.32 Å². The maximum Gasteiger partial charge on any atom is 0.320 e. The van der Waals surface area contributed by atoms with Crippen LogP contribution in [0.5, 0.6) is 0 Å². The number of hydrogen-bond donors (Lipinski definition) is 1. The van der Waals surface area contributed by atoms with E-state index in [2.05, 4.69) is 5.32 Å². The number of benzene rings is 1. The van der Waals surface area contributed by atoms with Crippen molar-refractivity contribution in [2.24, 2.45) is 0 Å². The molecule has 1 saturated carbocycles. The third-order valence-corrected chi connectivity index (χ3v) is 2.64. The number of rotatable bonds is 5. The van der Waals surface area contributed by atoms with Gasteiger partial charge in [0.15, 0.2) is 0 Å². The molecule has 1 N–H and O–H groups in total. The van der Waals surface area contributed by atoms with Crippen molar-refractivity contribution in [1.29, 1.82) is 0 Å². The lowest BCUT2D eigenvalue weighted by Crippen LogP contribution is -2.26. The van der Waals surface area contributed by atoms with Crippen molar-refractivity contribution in [2.45, 2.75) is 25.5 Å². The number of esters is 1. The number of hydrogen-bond acceptors (Lipinski definition) is 3. The second-order valence-corrected chi connectivity index (χ2v) is 4.38. The second kappa shape index (κ2) is 5.32. The number of carbonyl (C=O) groups is 1. The third kappa shape index (κ3) is 3.83. The highest BCUT2D eigenvalue weighted by molar-refractivity contribution is 6.30. The summed E-state index contributed by atoms with van der Waals surface area (Å²) in [6.45, 7) is 0.580. The van der Waals surface area contributed by atoms with Crippen molar-refractivity contribution < 1.29 is 9.53 Å². The molecule has 0 radical (unpaired) electrons. The van der Waals surface area contributed by atoms with E-state index in [0.29, 0.717) is 17.6 Å². The van der Waals surface area contributed by atoms with E-state index >= 15 is 0 Å². The van der Waals surface area contributed by atoms with Crippen molar-refractivity contribution in [3.8, 4) is 0 Å². The van der Waals surface area contributed by atoms with Gasteiger partial charge in [0.25, 0.3) is 0 Å². The van der Waals surface area contributed by atoms with Gasteiger partial charge in [-0.2, -0.15) is 0 Å². The largest absolute Gasteiger partial charge is 0.460 e. The van der Waals surface area contributed by atoms with Crippen molar-refractivity contribution in [3.05, 3.63) is 34.9 Å². The van der Waals surface area contributed by atoms with Crippen LogP contribution < -0.4 is 5.32 Å². The molecule has 1 fully saturated rings. The zero-order chi connectivity index (χ0) is 11.4. The van der Waals surface area contributed by atoms with Gasteiger partial charge in [-0.25, -0.2) is 0 Å². The summed E-state index contributed by atoms with van der Waals surface area (Å²) in [5, 5.41) is 3.76. The second-order valence-electron chi connectivity index (χ2n) is 3.95. The predicted octanol–water partition coefficient (Wildman–Crippen LogP) is 2.14. The first-order chi connectivity index (χ1) is 7.74. The quantitative estimate of drug-likeness (QED) is 0.800. The van der Waals surface area contributed by atoms with Crippen molar-refractivity contribution in [2.75, 3.05) is 6.54 Å². The third-order valence-electron chi connectivity index (χ3n) is 2.40. The van der Waals surface area contributed by atoms with E-state index in [1.165, 1.54) is 12.8 Å². The molecule has 0 aromatic heterocycles. The van der Waals surface area contributed by atoms with Gasteiger partial charge in [0, 0.05) is 11.1 Å². The minimum atomic E-state index is -0.216. The van der Waals surface area contributed by atoms with Gasteiger partial charge >= 0.3 is 5.97 Å². The van der Waals surface area contributed by atoms with Crippen LogP contribution in [0.2, 0.25) is 5.02 Å². The molecule has 86 valence electrons. The zero-order valence-electron chi connectivity index (χ0n) is 8.91. The molecule has 0 heterocycles. The van der Waals surface area contributed by atoms with Gasteiger partial charge in [0.05, 0.1) is 6.54 Å². The molecular weight excluding hydrogens is 226 g/mol. The maximum absolute atomic E-state index is 11.3. The number of carbonyl (C=O) groups excluding carboxylic acids is 1. The predicted molar refractivity (Wildman–Crippen MR) is 62.3 cm³/mol. The first-order valence-corrected chi connectivity index (χ1v) is 5.75. The van der Waals surface area contributed by atoms with Crippen molar-refractivity contribution in [3.63, 3.8) is 0 Å². The van der Waals surface area contributed by atoms with Gasteiger partial charge in [0.2, 0.25) is 0 Å². The Labute approximate surface area is 99.7 Å². The highest BCUT2D eigenvalue weighted by Crippen LogP contribution is 2.18. The Hall–Kier alpha value is -1.06. The average Bonchev–Trinajstić information content (AvgIpc) is 3.07. The molecule has 0 spiro atoms. The SMILES string of the molecule is O=C(CNC1CC1)OCc1cccc(Cl)c1. The van der Waals surface area contributed by atoms with Crippen LogP contribution in [-0.2, 0) is 16.1 Å². The highest BCUT2D eigenvalue weighted by Gasteiger charge is 2.21. The lowest BCUT2D eigenvalue weighted by atomic mass is 10.2. The number of halogens is 1. The van der Waals surface area contributed by atoms with Crippen LogP contribution in [-0.4, -0.2) is 18.6 Å². The topological polar surface area (TPSA) is 38.3 Å². The van der Waals surface area contributed by atoms with E-state index < -0.39 is 0 Å². The fourth-order valence-electron chi connectivity index (χ4n) is 1.36. The molecule has 16 heavy (non-hydrogen) atoms. The summed E-state index contributed by atoms with van der Waals surface area (Å²) in [5.74, 6) is -0.216. The molecule has 4 heteroatoms. The van der Waals surface area contributed by atoms with E-state index in [4.69, 9.17) is 16.3 Å². The molecule has 3 nitrogen and oxygen atoms in total. The van der Waals surface area contributed by atoms with Crippen molar-refractivity contribution >= 4 is 17.6 Å². The van der Waals surface area contributed by atoms with E-state index in [0.717, 1.165) is 5.56 Å². The Balaban J connectivity index is 1.71. The van der Waals surface area contributed by atoms with E-state index in [1.54, 1.807) is 12.1 Å². The molecule has 0 unspecified atom stereocenters. The van der Waals surface area contributed by atoms with Gasteiger partial charge in [0.1, 0.15) is 6.61 Å². The Morgan fingerprint density at radius 1 is 1.50 bits per heavy atom. The van der Waals surface area contributed by atoms with Gasteiger partial charge < -0.3 is 10.1 Å². The standard InChI is InChI=1S/C12H14ClNO2/c13-10-3-1-2-9(6-10)8-16-12(15)7-14-11-4-5-11/h1-3,6,11,14H,4-5,7-8H2. The number of nitrogens with one attached hydrogen (secondary N) is 1. The van der Waals surface area contributed by atoms with Gasteiger partial charge in [-0.1, -0.05) is 23.7 Å². The monoisotopic (exact) mass is 239 g/mol. The normalized spacial score (nSPS) is 14.8. The van der Waals surface area contributed by atoms with E-state index in [-0.39, 0.29) is 12.6 Å². The van der Waals surface area contributed by atoms with Gasteiger partial charge in [-0.15, -0.1) is 0 Å². The fourth-order valence-corrected chi connectivity index (χ4v) is 1.57. The molecule has 0 bridgehead atoms. The van der Waals surface area contributed by atoms with Gasteiger partial charge in [-0.05, 0) is 30.5 Å². The van der Waals surface area contributed by atoms with Gasteiger partial charge in [-0.3, -0.25) is 4.79 Å². The zero-order valence-corrected chi connectivity index (χ0v) is 9.67. The first kappa shape index (κ1) is 11.4. The Morgan fingerprint density at radius 3 is 3.00 bits per heavy atom. The lowest BCUT2D eigenvalue weighted by Gasteiger charge is -2.05. The van der Waals surface area contributed by atoms with Crippen LogP contribution in [0.4, 0.5) is 0 Å². The Kier molecular flexibility index (Phi) is 3.80. The van der Waals surface area contributed by atoms with Crippen LogP contribution in [0.15, 0.2) is 24.3 Å². The molecule has 0 atom stereocenters. The fraction of sp³-hybridized carbons (Fsp3) is 0.417. The van der Waals surface area contributed by atoms with Crippen LogP contribution in [0.25, 0.3) is 0 Å². The molecule has 1 aromatic rings. The maximum atomic E-state index is 11.3. The first-order valence-electron chi connectivity index (χ1n) is 5.37. The summed E-state index contributed by atoms with van der Waals surface area (Å²) < 4.78 is 5.10. The molecule has 0 amide bonds. The Morgan fingerprint density at radius 2 is 2.31 bits per heavy atom. The molecule has 2 rings (SSSR count). The summed E-state index contributed by atoms with van der Waals surface area (Å²) in [5.41, 5.74) is 0.910. The number of ether oxygens (including phenoxy) is 1. The van der Waals surface area contributed by atoms with Crippen LogP contribution in [0.1, 0.15) is 18.4 Å². The van der Waals surface area contributed by atoms with Crippen LogP contribution in [0.3, 0.4) is 0 Å². The van der Waals surface area contributed by atoms with E-state index in [9.17, 15) is 4.79 Å². The van der Waals surface area contributed by atoms with E-state index in [1.807, 2.05) is 12.1 Å². The molecular formula is C12H14ClNO2. The molecule has 0 aliphatic heterocycles. The summed E-state index contributed by atoms with van der Waals surface area (Å²) in [6.07, 6.45) is 2.34. The summed E-state index contributed by atoms with van der Waals surface area (Å²) in [6, 6.07) is 7.84. The van der Waals surface area contributed by atoms with Crippen LogP contribution in [0, 0.1) is 0 Å². The Bertz CT molecular complexity index is 377. The minimum absolute atomic E-state index is 0.216. The smallest absolute Gasteiger partial charge is 0.320 e.